The molecule has 0 amide bonds. The summed E-state index contributed by atoms with van der Waals surface area (Å²) in [6.45, 7) is 6.02. The maximum Gasteiger partial charge on any atom is 0.00817 e. The number of nitrogens with one attached hydrogen (secondary N) is 2. The first kappa shape index (κ1) is 15.3. The van der Waals surface area contributed by atoms with E-state index in [1.54, 1.807) is 0 Å². The highest BCUT2D eigenvalue weighted by atomic mass is 15.0. The van der Waals surface area contributed by atoms with Gasteiger partial charge in [-0.3, -0.25) is 0 Å². The van der Waals surface area contributed by atoms with E-state index in [1.165, 1.54) is 70.8 Å². The Kier molecular flexibility index (Phi) is 6.66. The predicted molar refractivity (Wildman–Crippen MR) is 83.5 cm³/mol. The minimum Gasteiger partial charge on any atom is -0.314 e. The van der Waals surface area contributed by atoms with Crippen LogP contribution < -0.4 is 10.6 Å². The summed E-state index contributed by atoms with van der Waals surface area (Å²) in [5.74, 6) is 0.929. The summed E-state index contributed by atoms with van der Waals surface area (Å²) in [6.07, 6.45) is 14.2. The first-order chi connectivity index (χ1) is 9.25. The Morgan fingerprint density at radius 1 is 0.947 bits per heavy atom. The molecule has 0 aromatic rings. The molecule has 0 bridgehead atoms. The van der Waals surface area contributed by atoms with E-state index in [-0.39, 0.29) is 0 Å². The highest BCUT2D eigenvalue weighted by molar-refractivity contribution is 4.81. The van der Waals surface area contributed by atoms with Crippen LogP contribution in [-0.2, 0) is 0 Å². The van der Waals surface area contributed by atoms with Gasteiger partial charge in [-0.15, -0.1) is 0 Å². The standard InChI is InChI=1S/C17H34N2/c1-14(13-17-11-7-4-8-12-18-17)19-15(2)16-9-5-3-6-10-16/h14-19H,3-13H2,1-2H3. The molecule has 0 aromatic carbocycles. The molecular formula is C17H34N2. The minimum atomic E-state index is 0.660. The molecule has 0 aromatic heterocycles. The average Bonchev–Trinajstić information content (AvgIpc) is 2.68. The molecule has 1 aliphatic carbocycles. The second-order valence-corrected chi connectivity index (χ2v) is 6.99. The van der Waals surface area contributed by atoms with Gasteiger partial charge in [-0.1, -0.05) is 32.1 Å². The van der Waals surface area contributed by atoms with Gasteiger partial charge in [-0.25, -0.2) is 0 Å². The van der Waals surface area contributed by atoms with Crippen molar-refractivity contribution >= 4 is 0 Å². The molecule has 1 aliphatic heterocycles. The first-order valence-corrected chi connectivity index (χ1v) is 8.75. The minimum absolute atomic E-state index is 0.660. The molecule has 19 heavy (non-hydrogen) atoms. The Morgan fingerprint density at radius 2 is 1.63 bits per heavy atom. The van der Waals surface area contributed by atoms with Crippen molar-refractivity contribution in [3.63, 3.8) is 0 Å². The third-order valence-corrected chi connectivity index (χ3v) is 5.20. The third kappa shape index (κ3) is 5.43. The molecule has 3 unspecified atom stereocenters. The fraction of sp³-hybridized carbons (Fsp3) is 1.00. The van der Waals surface area contributed by atoms with E-state index in [1.807, 2.05) is 0 Å². The fourth-order valence-corrected chi connectivity index (χ4v) is 4.02. The molecule has 1 saturated heterocycles. The maximum atomic E-state index is 3.88. The van der Waals surface area contributed by atoms with Crippen LogP contribution >= 0.6 is 0 Å². The van der Waals surface area contributed by atoms with Gasteiger partial charge in [-0.05, 0) is 58.4 Å². The molecule has 112 valence electrons. The zero-order chi connectivity index (χ0) is 13.5. The molecule has 2 fully saturated rings. The van der Waals surface area contributed by atoms with Gasteiger partial charge < -0.3 is 10.6 Å². The number of rotatable bonds is 5. The summed E-state index contributed by atoms with van der Waals surface area (Å²) in [5.41, 5.74) is 0. The van der Waals surface area contributed by atoms with Crippen molar-refractivity contribution in [2.75, 3.05) is 6.54 Å². The van der Waals surface area contributed by atoms with Gasteiger partial charge in [-0.2, -0.15) is 0 Å². The van der Waals surface area contributed by atoms with Gasteiger partial charge in [0.25, 0.3) is 0 Å². The van der Waals surface area contributed by atoms with E-state index in [0.717, 1.165) is 12.0 Å². The molecule has 2 rings (SSSR count). The predicted octanol–water partition coefficient (Wildman–Crippen LogP) is 3.86. The lowest BCUT2D eigenvalue weighted by Crippen LogP contribution is -2.43. The van der Waals surface area contributed by atoms with Crippen molar-refractivity contribution < 1.29 is 0 Å². The fourth-order valence-electron chi connectivity index (χ4n) is 4.02. The molecule has 2 nitrogen and oxygen atoms in total. The van der Waals surface area contributed by atoms with Gasteiger partial charge in [0.2, 0.25) is 0 Å². The SMILES string of the molecule is CC(CC1CCCCCN1)NC(C)C1CCCCC1. The van der Waals surface area contributed by atoms with E-state index >= 15 is 0 Å². The molecule has 1 saturated carbocycles. The van der Waals surface area contributed by atoms with Crippen molar-refractivity contribution in [2.24, 2.45) is 5.92 Å². The average molecular weight is 266 g/mol. The summed E-state index contributed by atoms with van der Waals surface area (Å²) in [5, 5.41) is 7.60. The van der Waals surface area contributed by atoms with Crippen LogP contribution in [0.1, 0.15) is 78.1 Å². The number of hydrogen-bond donors (Lipinski definition) is 2. The Labute approximate surface area is 120 Å². The largest absolute Gasteiger partial charge is 0.314 e. The van der Waals surface area contributed by atoms with Crippen LogP contribution in [-0.4, -0.2) is 24.7 Å². The monoisotopic (exact) mass is 266 g/mol. The van der Waals surface area contributed by atoms with E-state index in [2.05, 4.69) is 24.5 Å². The summed E-state index contributed by atoms with van der Waals surface area (Å²) in [4.78, 5) is 0. The topological polar surface area (TPSA) is 24.1 Å². The zero-order valence-corrected chi connectivity index (χ0v) is 13.1. The quantitative estimate of drug-likeness (QED) is 0.789. The molecule has 2 aliphatic rings. The Morgan fingerprint density at radius 3 is 2.42 bits per heavy atom. The van der Waals surface area contributed by atoms with Gasteiger partial charge in [0.05, 0.1) is 0 Å². The van der Waals surface area contributed by atoms with Crippen molar-refractivity contribution in [2.45, 2.75) is 96.2 Å². The van der Waals surface area contributed by atoms with Gasteiger partial charge >= 0.3 is 0 Å². The van der Waals surface area contributed by atoms with Gasteiger partial charge in [0.15, 0.2) is 0 Å². The molecular weight excluding hydrogens is 232 g/mol. The van der Waals surface area contributed by atoms with Crippen molar-refractivity contribution in [1.82, 2.24) is 10.6 Å². The van der Waals surface area contributed by atoms with Crippen molar-refractivity contribution in [3.05, 3.63) is 0 Å². The van der Waals surface area contributed by atoms with Crippen molar-refractivity contribution in [3.8, 4) is 0 Å². The van der Waals surface area contributed by atoms with Crippen LogP contribution in [0.25, 0.3) is 0 Å². The second-order valence-electron chi connectivity index (χ2n) is 6.99. The molecule has 0 spiro atoms. The lowest BCUT2D eigenvalue weighted by molar-refractivity contribution is 0.257. The summed E-state index contributed by atoms with van der Waals surface area (Å²) in [6, 6.07) is 2.12. The normalized spacial score (nSPS) is 29.7. The van der Waals surface area contributed by atoms with Crippen LogP contribution in [0.3, 0.4) is 0 Å². The van der Waals surface area contributed by atoms with Crippen LogP contribution in [0.2, 0.25) is 0 Å². The van der Waals surface area contributed by atoms with E-state index in [9.17, 15) is 0 Å². The van der Waals surface area contributed by atoms with Gasteiger partial charge in [0.1, 0.15) is 0 Å². The molecule has 1 heterocycles. The molecule has 3 atom stereocenters. The van der Waals surface area contributed by atoms with E-state index in [4.69, 9.17) is 0 Å². The maximum absolute atomic E-state index is 3.88. The Hall–Kier alpha value is -0.0800. The Bertz CT molecular complexity index is 227. The summed E-state index contributed by atoms with van der Waals surface area (Å²) < 4.78 is 0. The Balaban J connectivity index is 1.68. The number of hydrogen-bond acceptors (Lipinski definition) is 2. The smallest absolute Gasteiger partial charge is 0.00817 e. The summed E-state index contributed by atoms with van der Waals surface area (Å²) in [7, 11) is 0. The molecule has 2 N–H and O–H groups in total. The van der Waals surface area contributed by atoms with Crippen LogP contribution in [0.4, 0.5) is 0 Å². The van der Waals surface area contributed by atoms with E-state index < -0.39 is 0 Å². The van der Waals surface area contributed by atoms with E-state index in [0.29, 0.717) is 12.1 Å². The highest BCUT2D eigenvalue weighted by Gasteiger charge is 2.22. The zero-order valence-electron chi connectivity index (χ0n) is 13.1. The van der Waals surface area contributed by atoms with Crippen molar-refractivity contribution in [1.29, 1.82) is 0 Å². The molecule has 2 heteroatoms. The second kappa shape index (κ2) is 8.26. The van der Waals surface area contributed by atoms with Crippen LogP contribution in [0.15, 0.2) is 0 Å². The summed E-state index contributed by atoms with van der Waals surface area (Å²) >= 11 is 0. The lowest BCUT2D eigenvalue weighted by Gasteiger charge is -2.32. The lowest BCUT2D eigenvalue weighted by atomic mass is 9.84. The highest BCUT2D eigenvalue weighted by Crippen LogP contribution is 2.26. The van der Waals surface area contributed by atoms with Crippen LogP contribution in [0.5, 0.6) is 0 Å². The first-order valence-electron chi connectivity index (χ1n) is 8.75. The third-order valence-electron chi connectivity index (χ3n) is 5.20. The van der Waals surface area contributed by atoms with Gasteiger partial charge in [0, 0.05) is 18.1 Å². The molecule has 0 radical (unpaired) electrons. The van der Waals surface area contributed by atoms with Crippen LogP contribution in [0, 0.1) is 5.92 Å².